The minimum atomic E-state index is -3.76. The van der Waals surface area contributed by atoms with Gasteiger partial charge in [-0.25, -0.2) is 8.42 Å². The molecule has 0 spiro atoms. The van der Waals surface area contributed by atoms with Gasteiger partial charge in [-0.15, -0.1) is 0 Å². The molecule has 1 aliphatic rings. The van der Waals surface area contributed by atoms with Crippen molar-refractivity contribution in [3.05, 3.63) is 59.7 Å². The number of hydrogen-bond donors (Lipinski definition) is 0. The second kappa shape index (κ2) is 9.53. The highest BCUT2D eigenvalue weighted by Crippen LogP contribution is 2.25. The number of alkyl halides is 2. The van der Waals surface area contributed by atoms with Crippen LogP contribution in [0.3, 0.4) is 0 Å². The Morgan fingerprint density at radius 2 is 1.70 bits per heavy atom. The van der Waals surface area contributed by atoms with Crippen LogP contribution >= 0.6 is 0 Å². The standard InChI is InChI=1S/C21H24F2N2O4S/c1-24(15-16-9-11-17(12-10-16)29-21(22)23)20(26)18-7-3-4-8-19(18)30(27,28)25-13-5-2-6-14-25/h3-4,7-12,21H,2,5-6,13-15H2,1H3. The molecule has 0 radical (unpaired) electrons. The molecule has 1 amide bonds. The summed E-state index contributed by atoms with van der Waals surface area (Å²) < 4.78 is 56.5. The molecule has 6 nitrogen and oxygen atoms in total. The molecule has 1 saturated heterocycles. The number of piperidine rings is 1. The molecule has 0 atom stereocenters. The number of rotatable bonds is 7. The summed E-state index contributed by atoms with van der Waals surface area (Å²) in [6.45, 7) is -1.81. The van der Waals surface area contributed by atoms with E-state index in [0.29, 0.717) is 18.7 Å². The van der Waals surface area contributed by atoms with E-state index in [4.69, 9.17) is 0 Å². The topological polar surface area (TPSA) is 66.9 Å². The van der Waals surface area contributed by atoms with E-state index in [9.17, 15) is 22.0 Å². The summed E-state index contributed by atoms with van der Waals surface area (Å²) in [7, 11) is -2.20. The van der Waals surface area contributed by atoms with E-state index in [-0.39, 0.29) is 22.8 Å². The second-order valence-corrected chi connectivity index (χ2v) is 9.05. The number of benzene rings is 2. The molecule has 0 bridgehead atoms. The fourth-order valence-electron chi connectivity index (χ4n) is 3.44. The van der Waals surface area contributed by atoms with Crippen LogP contribution in [0.15, 0.2) is 53.4 Å². The quantitative estimate of drug-likeness (QED) is 0.661. The van der Waals surface area contributed by atoms with Gasteiger partial charge in [0.1, 0.15) is 5.75 Å². The number of hydrogen-bond acceptors (Lipinski definition) is 4. The van der Waals surface area contributed by atoms with Crippen LogP contribution in [-0.4, -0.2) is 50.3 Å². The van der Waals surface area contributed by atoms with Crippen molar-refractivity contribution in [1.82, 2.24) is 9.21 Å². The lowest BCUT2D eigenvalue weighted by molar-refractivity contribution is -0.0498. The monoisotopic (exact) mass is 438 g/mol. The Balaban J connectivity index is 1.78. The maximum atomic E-state index is 13.1. The number of halogens is 2. The van der Waals surface area contributed by atoms with Gasteiger partial charge in [0, 0.05) is 26.7 Å². The summed E-state index contributed by atoms with van der Waals surface area (Å²) in [6, 6.07) is 12.2. The minimum absolute atomic E-state index is 0.00410. The predicted octanol–water partition coefficient (Wildman–Crippen LogP) is 3.73. The molecule has 2 aromatic rings. The normalized spacial score (nSPS) is 15.2. The smallest absolute Gasteiger partial charge is 0.387 e. The molecule has 0 aliphatic carbocycles. The predicted molar refractivity (Wildman–Crippen MR) is 108 cm³/mol. The number of amides is 1. The molecule has 2 aromatic carbocycles. The lowest BCUT2D eigenvalue weighted by Crippen LogP contribution is -2.37. The lowest BCUT2D eigenvalue weighted by atomic mass is 10.1. The van der Waals surface area contributed by atoms with Crippen molar-refractivity contribution in [2.45, 2.75) is 37.3 Å². The third-order valence-corrected chi connectivity index (χ3v) is 6.92. The molecule has 0 aromatic heterocycles. The highest BCUT2D eigenvalue weighted by atomic mass is 32.2. The Kier molecular flexibility index (Phi) is 7.04. The van der Waals surface area contributed by atoms with Crippen LogP contribution in [0.25, 0.3) is 0 Å². The van der Waals surface area contributed by atoms with Gasteiger partial charge in [-0.05, 0) is 42.7 Å². The Morgan fingerprint density at radius 1 is 1.07 bits per heavy atom. The fraction of sp³-hybridized carbons (Fsp3) is 0.381. The molecule has 1 fully saturated rings. The molecular weight excluding hydrogens is 414 g/mol. The van der Waals surface area contributed by atoms with Crippen molar-refractivity contribution >= 4 is 15.9 Å². The SMILES string of the molecule is CN(Cc1ccc(OC(F)F)cc1)C(=O)c1ccccc1S(=O)(=O)N1CCCCC1. The zero-order valence-corrected chi connectivity index (χ0v) is 17.4. The van der Waals surface area contributed by atoms with Crippen molar-refractivity contribution in [3.63, 3.8) is 0 Å². The van der Waals surface area contributed by atoms with Gasteiger partial charge in [0.2, 0.25) is 10.0 Å². The van der Waals surface area contributed by atoms with E-state index in [2.05, 4.69) is 4.74 Å². The molecule has 9 heteroatoms. The Bertz CT molecular complexity index is 975. The van der Waals surface area contributed by atoms with Crippen molar-refractivity contribution in [1.29, 1.82) is 0 Å². The molecule has 0 saturated carbocycles. The van der Waals surface area contributed by atoms with E-state index >= 15 is 0 Å². The summed E-state index contributed by atoms with van der Waals surface area (Å²) in [5.41, 5.74) is 0.812. The Hall–Kier alpha value is -2.52. The summed E-state index contributed by atoms with van der Waals surface area (Å²) in [4.78, 5) is 14.4. The highest BCUT2D eigenvalue weighted by Gasteiger charge is 2.30. The molecule has 162 valence electrons. The van der Waals surface area contributed by atoms with Crippen molar-refractivity contribution in [2.75, 3.05) is 20.1 Å². The van der Waals surface area contributed by atoms with Gasteiger partial charge in [0.15, 0.2) is 0 Å². The third kappa shape index (κ3) is 5.14. The van der Waals surface area contributed by atoms with Crippen LogP contribution in [0, 0.1) is 0 Å². The average Bonchev–Trinajstić information content (AvgIpc) is 2.75. The maximum Gasteiger partial charge on any atom is 0.387 e. The first kappa shape index (κ1) is 22.2. The van der Waals surface area contributed by atoms with Gasteiger partial charge in [-0.3, -0.25) is 4.79 Å². The Labute approximate surface area is 175 Å². The molecule has 0 unspecified atom stereocenters. The number of sulfonamides is 1. The van der Waals surface area contributed by atoms with E-state index in [1.165, 1.54) is 33.5 Å². The van der Waals surface area contributed by atoms with Gasteiger partial charge in [0.05, 0.1) is 10.5 Å². The van der Waals surface area contributed by atoms with E-state index in [1.54, 1.807) is 31.3 Å². The first-order valence-electron chi connectivity index (χ1n) is 9.67. The van der Waals surface area contributed by atoms with Gasteiger partial charge >= 0.3 is 6.61 Å². The van der Waals surface area contributed by atoms with Gasteiger partial charge < -0.3 is 9.64 Å². The van der Waals surface area contributed by atoms with Gasteiger partial charge in [-0.2, -0.15) is 13.1 Å². The number of carbonyl (C=O) groups excluding carboxylic acids is 1. The molecule has 1 aliphatic heterocycles. The summed E-state index contributed by atoms with van der Waals surface area (Å²) >= 11 is 0. The van der Waals surface area contributed by atoms with Crippen molar-refractivity contribution in [3.8, 4) is 5.75 Å². The summed E-state index contributed by atoms with van der Waals surface area (Å²) in [5, 5.41) is 0. The van der Waals surface area contributed by atoms with Crippen molar-refractivity contribution < 1.29 is 26.7 Å². The number of ether oxygens (including phenoxy) is 1. The Morgan fingerprint density at radius 3 is 2.33 bits per heavy atom. The fourth-order valence-corrected chi connectivity index (χ4v) is 5.14. The van der Waals surface area contributed by atoms with E-state index in [1.807, 2.05) is 0 Å². The molecular formula is C21H24F2N2O4S. The van der Waals surface area contributed by atoms with Crippen LogP contribution in [0.5, 0.6) is 5.75 Å². The first-order chi connectivity index (χ1) is 14.3. The van der Waals surface area contributed by atoms with Crippen LogP contribution < -0.4 is 4.74 Å². The van der Waals surface area contributed by atoms with Crippen molar-refractivity contribution in [2.24, 2.45) is 0 Å². The lowest BCUT2D eigenvalue weighted by Gasteiger charge is -2.27. The summed E-state index contributed by atoms with van der Waals surface area (Å²) in [5.74, 6) is -0.403. The number of nitrogens with zero attached hydrogens (tertiary/aromatic N) is 2. The average molecular weight is 438 g/mol. The van der Waals surface area contributed by atoms with Crippen LogP contribution in [0.1, 0.15) is 35.2 Å². The summed E-state index contributed by atoms with van der Waals surface area (Å²) in [6.07, 6.45) is 2.61. The van der Waals surface area contributed by atoms with E-state index in [0.717, 1.165) is 19.3 Å². The van der Waals surface area contributed by atoms with Crippen LogP contribution in [0.2, 0.25) is 0 Å². The molecule has 0 N–H and O–H groups in total. The van der Waals surface area contributed by atoms with Gasteiger partial charge in [0.25, 0.3) is 5.91 Å². The molecule has 30 heavy (non-hydrogen) atoms. The molecule has 3 rings (SSSR count). The van der Waals surface area contributed by atoms with Gasteiger partial charge in [-0.1, -0.05) is 30.7 Å². The maximum absolute atomic E-state index is 13.1. The first-order valence-corrected chi connectivity index (χ1v) is 11.1. The zero-order valence-electron chi connectivity index (χ0n) is 16.6. The second-order valence-electron chi connectivity index (χ2n) is 7.14. The number of carbonyl (C=O) groups is 1. The van der Waals surface area contributed by atoms with E-state index < -0.39 is 22.5 Å². The minimum Gasteiger partial charge on any atom is -0.435 e. The largest absolute Gasteiger partial charge is 0.435 e. The zero-order chi connectivity index (χ0) is 21.7. The van der Waals surface area contributed by atoms with Crippen LogP contribution in [-0.2, 0) is 16.6 Å². The highest BCUT2D eigenvalue weighted by molar-refractivity contribution is 7.89. The molecule has 1 heterocycles. The van der Waals surface area contributed by atoms with Crippen LogP contribution in [0.4, 0.5) is 8.78 Å². The third-order valence-electron chi connectivity index (χ3n) is 4.97.